The molecule has 4 heteroatoms. The molecule has 0 spiro atoms. The fourth-order valence-corrected chi connectivity index (χ4v) is 2.00. The quantitative estimate of drug-likeness (QED) is 0.885. The van der Waals surface area contributed by atoms with Crippen molar-refractivity contribution in [3.05, 3.63) is 58.4 Å². The van der Waals surface area contributed by atoms with Crippen molar-refractivity contribution in [2.45, 2.75) is 6.92 Å². The van der Waals surface area contributed by atoms with Crippen LogP contribution in [0, 0.1) is 12.7 Å². The van der Waals surface area contributed by atoms with Gasteiger partial charge in [0.1, 0.15) is 5.82 Å². The highest BCUT2D eigenvalue weighted by molar-refractivity contribution is 6.33. The van der Waals surface area contributed by atoms with Gasteiger partial charge in [0.25, 0.3) is 0 Å². The Hall–Kier alpha value is -1.87. The molecule has 18 heavy (non-hydrogen) atoms. The first-order valence-electron chi connectivity index (χ1n) is 5.29. The Labute approximate surface area is 109 Å². The first-order chi connectivity index (χ1) is 8.50. The topological polar surface area (TPSA) is 37.3 Å². The maximum Gasteiger partial charge on any atom is 0.335 e. The van der Waals surface area contributed by atoms with Gasteiger partial charge in [-0.05, 0) is 36.2 Å². The first-order valence-corrected chi connectivity index (χ1v) is 5.67. The number of carboxylic acid groups (broad SMARTS) is 1. The van der Waals surface area contributed by atoms with Crippen LogP contribution in [0.25, 0.3) is 11.1 Å². The largest absolute Gasteiger partial charge is 0.478 e. The molecule has 2 nitrogen and oxygen atoms in total. The van der Waals surface area contributed by atoms with Gasteiger partial charge in [0.05, 0.1) is 5.56 Å². The smallest absolute Gasteiger partial charge is 0.335 e. The fourth-order valence-electron chi connectivity index (χ4n) is 1.76. The SMILES string of the molecule is Cc1c(F)cc(C(=O)O)cc1-c1ccccc1Cl. The van der Waals surface area contributed by atoms with E-state index in [-0.39, 0.29) is 5.56 Å². The van der Waals surface area contributed by atoms with E-state index < -0.39 is 11.8 Å². The lowest BCUT2D eigenvalue weighted by Crippen LogP contribution is -2.00. The number of carbonyl (C=O) groups is 1. The van der Waals surface area contributed by atoms with E-state index in [0.29, 0.717) is 21.7 Å². The third-order valence-corrected chi connectivity index (χ3v) is 3.08. The summed E-state index contributed by atoms with van der Waals surface area (Å²) >= 11 is 6.05. The standard InChI is InChI=1S/C14H10ClFO2/c1-8-11(10-4-2-3-5-12(10)15)6-9(14(17)18)7-13(8)16/h2-7H,1H3,(H,17,18). The van der Waals surface area contributed by atoms with Gasteiger partial charge in [-0.25, -0.2) is 9.18 Å². The van der Waals surface area contributed by atoms with Gasteiger partial charge in [0.15, 0.2) is 0 Å². The summed E-state index contributed by atoms with van der Waals surface area (Å²) in [5, 5.41) is 9.40. The highest BCUT2D eigenvalue weighted by Crippen LogP contribution is 2.32. The maximum absolute atomic E-state index is 13.7. The van der Waals surface area contributed by atoms with Crippen molar-refractivity contribution in [2.24, 2.45) is 0 Å². The number of carboxylic acids is 1. The molecule has 0 aliphatic rings. The predicted octanol–water partition coefficient (Wildman–Crippen LogP) is 4.15. The van der Waals surface area contributed by atoms with E-state index in [4.69, 9.17) is 16.7 Å². The number of benzene rings is 2. The number of hydrogen-bond acceptors (Lipinski definition) is 1. The molecule has 2 rings (SSSR count). The Morgan fingerprint density at radius 1 is 1.22 bits per heavy atom. The predicted molar refractivity (Wildman–Crippen MR) is 68.5 cm³/mol. The lowest BCUT2D eigenvalue weighted by atomic mass is 9.97. The maximum atomic E-state index is 13.7. The Morgan fingerprint density at radius 2 is 1.89 bits per heavy atom. The monoisotopic (exact) mass is 264 g/mol. The van der Waals surface area contributed by atoms with Crippen LogP contribution in [0.4, 0.5) is 4.39 Å². The zero-order chi connectivity index (χ0) is 13.3. The van der Waals surface area contributed by atoms with Crippen LogP contribution in [0.3, 0.4) is 0 Å². The number of rotatable bonds is 2. The second-order valence-corrected chi connectivity index (χ2v) is 4.32. The first kappa shape index (κ1) is 12.6. The third kappa shape index (κ3) is 2.22. The van der Waals surface area contributed by atoms with E-state index >= 15 is 0 Å². The van der Waals surface area contributed by atoms with Crippen LogP contribution in [0.2, 0.25) is 5.02 Å². The summed E-state index contributed by atoms with van der Waals surface area (Å²) in [7, 11) is 0. The van der Waals surface area contributed by atoms with Crippen LogP contribution in [0.15, 0.2) is 36.4 Å². The molecule has 0 bridgehead atoms. The van der Waals surface area contributed by atoms with E-state index in [1.165, 1.54) is 6.07 Å². The lowest BCUT2D eigenvalue weighted by molar-refractivity contribution is 0.0696. The zero-order valence-electron chi connectivity index (χ0n) is 9.58. The normalized spacial score (nSPS) is 10.4. The lowest BCUT2D eigenvalue weighted by Gasteiger charge is -2.10. The molecule has 0 unspecified atom stereocenters. The number of hydrogen-bond donors (Lipinski definition) is 1. The van der Waals surface area contributed by atoms with Gasteiger partial charge in [-0.2, -0.15) is 0 Å². The second-order valence-electron chi connectivity index (χ2n) is 3.92. The molecule has 0 aliphatic carbocycles. The van der Waals surface area contributed by atoms with Gasteiger partial charge >= 0.3 is 5.97 Å². The molecule has 0 saturated heterocycles. The van der Waals surface area contributed by atoms with Crippen molar-refractivity contribution in [1.29, 1.82) is 0 Å². The second kappa shape index (κ2) is 4.78. The molecule has 2 aromatic carbocycles. The van der Waals surface area contributed by atoms with Crippen molar-refractivity contribution >= 4 is 17.6 Å². The summed E-state index contributed by atoms with van der Waals surface area (Å²) in [4.78, 5) is 10.9. The number of halogens is 2. The minimum Gasteiger partial charge on any atom is -0.478 e. The summed E-state index contributed by atoms with van der Waals surface area (Å²) in [6.45, 7) is 1.60. The molecule has 0 saturated carbocycles. The van der Waals surface area contributed by atoms with Crippen LogP contribution in [-0.4, -0.2) is 11.1 Å². The van der Waals surface area contributed by atoms with Crippen LogP contribution < -0.4 is 0 Å². The van der Waals surface area contributed by atoms with E-state index in [0.717, 1.165) is 6.07 Å². The highest BCUT2D eigenvalue weighted by atomic mass is 35.5. The van der Waals surface area contributed by atoms with Gasteiger partial charge in [0, 0.05) is 10.6 Å². The van der Waals surface area contributed by atoms with Gasteiger partial charge in [-0.3, -0.25) is 0 Å². The average Bonchev–Trinajstić information content (AvgIpc) is 2.33. The Morgan fingerprint density at radius 3 is 2.50 bits per heavy atom. The minimum atomic E-state index is -1.16. The fraction of sp³-hybridized carbons (Fsp3) is 0.0714. The summed E-state index contributed by atoms with van der Waals surface area (Å²) in [6.07, 6.45) is 0. The molecule has 0 atom stereocenters. The van der Waals surface area contributed by atoms with Crippen LogP contribution >= 0.6 is 11.6 Å². The number of aromatic carboxylic acids is 1. The van der Waals surface area contributed by atoms with E-state index in [1.807, 2.05) is 0 Å². The van der Waals surface area contributed by atoms with E-state index in [9.17, 15) is 9.18 Å². The zero-order valence-corrected chi connectivity index (χ0v) is 10.3. The third-order valence-electron chi connectivity index (χ3n) is 2.76. The van der Waals surface area contributed by atoms with Gasteiger partial charge in [-0.1, -0.05) is 29.8 Å². The Kier molecular flexibility index (Phi) is 3.34. The van der Waals surface area contributed by atoms with Crippen LogP contribution in [0.1, 0.15) is 15.9 Å². The van der Waals surface area contributed by atoms with Crippen LogP contribution in [-0.2, 0) is 0 Å². The van der Waals surface area contributed by atoms with E-state index in [2.05, 4.69) is 0 Å². The molecule has 92 valence electrons. The van der Waals surface area contributed by atoms with E-state index in [1.54, 1.807) is 31.2 Å². The van der Waals surface area contributed by atoms with Crippen molar-refractivity contribution in [3.63, 3.8) is 0 Å². The van der Waals surface area contributed by atoms with Crippen molar-refractivity contribution in [1.82, 2.24) is 0 Å². The highest BCUT2D eigenvalue weighted by Gasteiger charge is 2.14. The molecule has 0 heterocycles. The summed E-state index contributed by atoms with van der Waals surface area (Å²) < 4.78 is 13.7. The minimum absolute atomic E-state index is 0.0898. The van der Waals surface area contributed by atoms with Crippen molar-refractivity contribution < 1.29 is 14.3 Å². The molecule has 0 radical (unpaired) electrons. The summed E-state index contributed by atoms with van der Waals surface area (Å²) in [5.41, 5.74) is 1.41. The Bertz CT molecular complexity index is 623. The molecular weight excluding hydrogens is 255 g/mol. The van der Waals surface area contributed by atoms with Gasteiger partial charge in [0.2, 0.25) is 0 Å². The molecule has 2 aromatic rings. The van der Waals surface area contributed by atoms with Crippen molar-refractivity contribution in [3.8, 4) is 11.1 Å². The average molecular weight is 265 g/mol. The van der Waals surface area contributed by atoms with Gasteiger partial charge in [-0.15, -0.1) is 0 Å². The summed E-state index contributed by atoms with van der Waals surface area (Å²) in [6, 6.07) is 9.39. The summed E-state index contributed by atoms with van der Waals surface area (Å²) in [5.74, 6) is -1.72. The molecule has 0 aromatic heterocycles. The molecule has 1 N–H and O–H groups in total. The van der Waals surface area contributed by atoms with Gasteiger partial charge < -0.3 is 5.11 Å². The van der Waals surface area contributed by atoms with Crippen molar-refractivity contribution in [2.75, 3.05) is 0 Å². The molecule has 0 amide bonds. The molecule has 0 fully saturated rings. The molecular formula is C14H10ClFO2. The van der Waals surface area contributed by atoms with Crippen LogP contribution in [0.5, 0.6) is 0 Å². The molecule has 0 aliphatic heterocycles. The Balaban J connectivity index is 2.71.